The molecule has 0 unspecified atom stereocenters. The predicted molar refractivity (Wildman–Crippen MR) is 72.5 cm³/mol. The van der Waals surface area contributed by atoms with E-state index in [2.05, 4.69) is 15.4 Å². The first-order chi connectivity index (χ1) is 9.41. The van der Waals surface area contributed by atoms with E-state index in [0.29, 0.717) is 5.69 Å². The zero-order valence-corrected chi connectivity index (χ0v) is 11.8. The minimum absolute atomic E-state index is 0.0746. The van der Waals surface area contributed by atoms with Crippen LogP contribution in [0.15, 0.2) is 41.8 Å². The number of anilines is 1. The molecule has 0 aliphatic carbocycles. The van der Waals surface area contributed by atoms with Crippen molar-refractivity contribution in [3.8, 4) is 0 Å². The maximum Gasteiger partial charge on any atom is 0.284 e. The van der Waals surface area contributed by atoms with Crippen LogP contribution in [-0.2, 0) is 14.8 Å². The van der Waals surface area contributed by atoms with Crippen molar-refractivity contribution in [2.45, 2.75) is 18.7 Å². The first-order valence-corrected chi connectivity index (χ1v) is 7.36. The van der Waals surface area contributed by atoms with E-state index < -0.39 is 10.0 Å². The summed E-state index contributed by atoms with van der Waals surface area (Å²) in [4.78, 5) is 15.2. The van der Waals surface area contributed by atoms with Crippen LogP contribution in [-0.4, -0.2) is 28.5 Å². The van der Waals surface area contributed by atoms with Gasteiger partial charge in [0.05, 0.1) is 4.90 Å². The predicted octanol–water partition coefficient (Wildman–Crippen LogP) is 1.11. The number of hydrogen-bond acceptors (Lipinski definition) is 5. The molecule has 0 bridgehead atoms. The van der Waals surface area contributed by atoms with Gasteiger partial charge in [-0.15, -0.1) is 9.19 Å². The lowest BCUT2D eigenvalue weighted by Crippen LogP contribution is -2.18. The molecule has 0 spiro atoms. The SMILES string of the molecule is CC(C)C(=O)Nc1ccc(S(=O)(=O)n2cncn2)cc1. The average Bonchev–Trinajstić information content (AvgIpc) is 2.93. The van der Waals surface area contributed by atoms with Crippen molar-refractivity contribution in [3.63, 3.8) is 0 Å². The van der Waals surface area contributed by atoms with Gasteiger partial charge in [-0.25, -0.2) is 4.98 Å². The van der Waals surface area contributed by atoms with Crippen molar-refractivity contribution in [3.05, 3.63) is 36.9 Å². The molecule has 1 amide bonds. The highest BCUT2D eigenvalue weighted by atomic mass is 32.2. The number of nitrogens with zero attached hydrogens (tertiary/aromatic N) is 3. The van der Waals surface area contributed by atoms with Crippen LogP contribution in [0.25, 0.3) is 0 Å². The third kappa shape index (κ3) is 2.85. The molecule has 2 rings (SSSR count). The molecule has 20 heavy (non-hydrogen) atoms. The molecule has 0 radical (unpaired) electrons. The van der Waals surface area contributed by atoms with Gasteiger partial charge in [0.2, 0.25) is 5.91 Å². The van der Waals surface area contributed by atoms with Gasteiger partial charge in [0.1, 0.15) is 12.7 Å². The maximum absolute atomic E-state index is 12.1. The van der Waals surface area contributed by atoms with Crippen molar-refractivity contribution in [1.29, 1.82) is 0 Å². The second-order valence-electron chi connectivity index (χ2n) is 4.44. The molecule has 2 aromatic rings. The van der Waals surface area contributed by atoms with Crippen molar-refractivity contribution in [1.82, 2.24) is 14.2 Å². The highest BCUT2D eigenvalue weighted by molar-refractivity contribution is 7.89. The van der Waals surface area contributed by atoms with Crippen LogP contribution < -0.4 is 5.32 Å². The maximum atomic E-state index is 12.1. The molecule has 0 atom stereocenters. The van der Waals surface area contributed by atoms with E-state index in [1.54, 1.807) is 13.8 Å². The largest absolute Gasteiger partial charge is 0.326 e. The smallest absolute Gasteiger partial charge is 0.284 e. The highest BCUT2D eigenvalue weighted by Gasteiger charge is 2.17. The molecule has 1 aromatic carbocycles. The lowest BCUT2D eigenvalue weighted by molar-refractivity contribution is -0.118. The zero-order chi connectivity index (χ0) is 14.8. The number of carbonyl (C=O) groups excluding carboxylic acids is 1. The van der Waals surface area contributed by atoms with Gasteiger partial charge >= 0.3 is 0 Å². The van der Waals surface area contributed by atoms with Gasteiger partial charge in [-0.3, -0.25) is 4.79 Å². The summed E-state index contributed by atoms with van der Waals surface area (Å²) in [5, 5.41) is 6.29. The summed E-state index contributed by atoms with van der Waals surface area (Å²) in [6.07, 6.45) is 2.26. The van der Waals surface area contributed by atoms with Gasteiger partial charge < -0.3 is 5.32 Å². The zero-order valence-electron chi connectivity index (χ0n) is 11.0. The summed E-state index contributed by atoms with van der Waals surface area (Å²) in [5.41, 5.74) is 0.543. The van der Waals surface area contributed by atoms with E-state index in [0.717, 1.165) is 16.7 Å². The molecule has 8 heteroatoms. The Morgan fingerprint density at radius 3 is 2.40 bits per heavy atom. The number of benzene rings is 1. The third-order valence-electron chi connectivity index (χ3n) is 2.59. The van der Waals surface area contributed by atoms with Gasteiger partial charge in [0.15, 0.2) is 0 Å². The van der Waals surface area contributed by atoms with Crippen molar-refractivity contribution in [2.75, 3.05) is 5.32 Å². The second kappa shape index (κ2) is 5.41. The Balaban J connectivity index is 2.23. The fourth-order valence-corrected chi connectivity index (χ4v) is 2.47. The number of aromatic nitrogens is 3. The van der Waals surface area contributed by atoms with Gasteiger partial charge in [0, 0.05) is 11.6 Å². The molecule has 0 aliphatic rings. The molecule has 0 saturated carbocycles. The number of hydrogen-bond donors (Lipinski definition) is 1. The quantitative estimate of drug-likeness (QED) is 0.911. The summed E-state index contributed by atoms with van der Waals surface area (Å²) in [5.74, 6) is -0.273. The molecule has 1 N–H and O–H groups in total. The number of rotatable bonds is 4. The number of amides is 1. The van der Waals surface area contributed by atoms with Crippen LogP contribution in [0.5, 0.6) is 0 Å². The second-order valence-corrected chi connectivity index (χ2v) is 6.24. The van der Waals surface area contributed by atoms with Crippen LogP contribution in [0.1, 0.15) is 13.8 Å². The fraction of sp³-hybridized carbons (Fsp3) is 0.250. The van der Waals surface area contributed by atoms with Gasteiger partial charge in [-0.1, -0.05) is 13.8 Å². The summed E-state index contributed by atoms with van der Waals surface area (Å²) in [7, 11) is -3.73. The van der Waals surface area contributed by atoms with Gasteiger partial charge in [-0.2, -0.15) is 8.42 Å². The Bertz CT molecular complexity index is 691. The lowest BCUT2D eigenvalue weighted by atomic mass is 10.2. The van der Waals surface area contributed by atoms with Crippen LogP contribution in [0.4, 0.5) is 5.69 Å². The molecule has 1 aromatic heterocycles. The number of carbonyl (C=O) groups is 1. The molecule has 0 fully saturated rings. The van der Waals surface area contributed by atoms with Crippen molar-refractivity contribution >= 4 is 21.6 Å². The summed E-state index contributed by atoms with van der Waals surface area (Å²) < 4.78 is 25.0. The molecule has 0 saturated heterocycles. The molecule has 106 valence electrons. The van der Waals surface area contributed by atoms with E-state index >= 15 is 0 Å². The summed E-state index contributed by atoms with van der Waals surface area (Å²) in [6, 6.07) is 5.88. The van der Waals surface area contributed by atoms with Gasteiger partial charge in [0.25, 0.3) is 10.0 Å². The molecule has 7 nitrogen and oxygen atoms in total. The standard InChI is InChI=1S/C12H14N4O3S/c1-9(2)12(17)15-10-3-5-11(6-4-10)20(18,19)16-8-13-7-14-16/h3-9H,1-2H3,(H,15,17). The van der Waals surface area contributed by atoms with E-state index in [1.165, 1.54) is 24.3 Å². The molecular weight excluding hydrogens is 280 g/mol. The van der Waals surface area contributed by atoms with Crippen LogP contribution in [0.2, 0.25) is 0 Å². The first-order valence-electron chi connectivity index (χ1n) is 5.92. The minimum Gasteiger partial charge on any atom is -0.326 e. The topological polar surface area (TPSA) is 94.0 Å². The van der Waals surface area contributed by atoms with Gasteiger partial charge in [-0.05, 0) is 24.3 Å². The summed E-state index contributed by atoms with van der Waals surface area (Å²) in [6.45, 7) is 3.55. The molecule has 1 heterocycles. The molecule has 0 aliphatic heterocycles. The Morgan fingerprint density at radius 2 is 1.90 bits per heavy atom. The van der Waals surface area contributed by atoms with Crippen LogP contribution in [0, 0.1) is 5.92 Å². The Morgan fingerprint density at radius 1 is 1.25 bits per heavy atom. The normalized spacial score (nSPS) is 11.6. The van der Waals surface area contributed by atoms with E-state index in [9.17, 15) is 13.2 Å². The lowest BCUT2D eigenvalue weighted by Gasteiger charge is -2.08. The van der Waals surface area contributed by atoms with E-state index in [-0.39, 0.29) is 16.7 Å². The Hall–Kier alpha value is -2.22. The van der Waals surface area contributed by atoms with Crippen molar-refractivity contribution in [2.24, 2.45) is 5.92 Å². The van der Waals surface area contributed by atoms with E-state index in [4.69, 9.17) is 0 Å². The average molecular weight is 294 g/mol. The third-order valence-corrected chi connectivity index (χ3v) is 4.14. The highest BCUT2D eigenvalue weighted by Crippen LogP contribution is 2.16. The van der Waals surface area contributed by atoms with Crippen LogP contribution >= 0.6 is 0 Å². The number of nitrogens with one attached hydrogen (secondary N) is 1. The van der Waals surface area contributed by atoms with E-state index in [1.807, 2.05) is 0 Å². The van der Waals surface area contributed by atoms with Crippen LogP contribution in [0.3, 0.4) is 0 Å². The fourth-order valence-electron chi connectivity index (χ4n) is 1.43. The Labute approximate surface area is 116 Å². The Kier molecular flexibility index (Phi) is 3.84. The molecular formula is C12H14N4O3S. The van der Waals surface area contributed by atoms with Crippen molar-refractivity contribution < 1.29 is 13.2 Å². The minimum atomic E-state index is -3.73. The first kappa shape index (κ1) is 14.2. The monoisotopic (exact) mass is 294 g/mol. The summed E-state index contributed by atoms with van der Waals surface area (Å²) >= 11 is 0.